The van der Waals surface area contributed by atoms with Gasteiger partial charge >= 0.3 is 5.97 Å². The largest absolute Gasteiger partial charge is 0.469 e. The number of thiophene rings is 1. The van der Waals surface area contributed by atoms with E-state index in [9.17, 15) is 14.0 Å². The molecule has 0 saturated carbocycles. The summed E-state index contributed by atoms with van der Waals surface area (Å²) in [6.45, 7) is 2.70. The summed E-state index contributed by atoms with van der Waals surface area (Å²) < 4.78 is 18.7. The monoisotopic (exact) mass is 400 g/mol. The van der Waals surface area contributed by atoms with Gasteiger partial charge in [-0.2, -0.15) is 11.3 Å². The number of hydrogen-bond donors (Lipinski definition) is 1. The zero-order valence-corrected chi connectivity index (χ0v) is 16.5. The minimum Gasteiger partial charge on any atom is -0.469 e. The molecule has 146 valence electrons. The lowest BCUT2D eigenvalue weighted by Crippen LogP contribution is -2.31. The third-order valence-corrected chi connectivity index (χ3v) is 6.26. The fourth-order valence-electron chi connectivity index (χ4n) is 4.07. The van der Waals surface area contributed by atoms with Crippen LogP contribution in [0.15, 0.2) is 35.0 Å². The smallest absolute Gasteiger partial charge is 0.311 e. The molecule has 0 bridgehead atoms. The van der Waals surface area contributed by atoms with Gasteiger partial charge in [-0.05, 0) is 53.1 Å². The van der Waals surface area contributed by atoms with Crippen LogP contribution < -0.4 is 0 Å². The lowest BCUT2D eigenvalue weighted by Gasteiger charge is -2.16. The quantitative estimate of drug-likeness (QED) is 0.680. The number of rotatable bonds is 4. The summed E-state index contributed by atoms with van der Waals surface area (Å²) in [4.78, 5) is 30.2. The number of fused-ring (bicyclic) bond motifs is 1. The van der Waals surface area contributed by atoms with E-state index in [1.807, 2.05) is 23.8 Å². The van der Waals surface area contributed by atoms with Crippen molar-refractivity contribution >= 4 is 34.1 Å². The molecule has 1 aromatic carbocycles. The predicted octanol–water partition coefficient (Wildman–Crippen LogP) is 3.63. The van der Waals surface area contributed by atoms with Gasteiger partial charge in [0.2, 0.25) is 5.91 Å². The van der Waals surface area contributed by atoms with Gasteiger partial charge in [-0.15, -0.1) is 0 Å². The average Bonchev–Trinajstić information content (AvgIpc) is 3.40. The highest BCUT2D eigenvalue weighted by Gasteiger charge is 2.41. The van der Waals surface area contributed by atoms with Crippen LogP contribution in [0.25, 0.3) is 10.9 Å². The number of amides is 1. The summed E-state index contributed by atoms with van der Waals surface area (Å²) in [5.41, 5.74) is 3.52. The summed E-state index contributed by atoms with van der Waals surface area (Å²) >= 11 is 1.57. The molecule has 1 N–H and O–H groups in total. The number of methoxy groups -OCH3 is 1. The fraction of sp³-hybridized carbons (Fsp3) is 0.333. The Morgan fingerprint density at radius 3 is 2.86 bits per heavy atom. The number of carbonyl (C=O) groups is 2. The highest BCUT2D eigenvalue weighted by Crippen LogP contribution is 2.35. The maximum atomic E-state index is 13.7. The Bertz CT molecular complexity index is 1030. The second kappa shape index (κ2) is 7.39. The van der Waals surface area contributed by atoms with Gasteiger partial charge in [0.15, 0.2) is 0 Å². The van der Waals surface area contributed by atoms with E-state index in [1.54, 1.807) is 22.3 Å². The van der Waals surface area contributed by atoms with Gasteiger partial charge in [0, 0.05) is 35.6 Å². The first-order chi connectivity index (χ1) is 13.5. The van der Waals surface area contributed by atoms with E-state index in [0.29, 0.717) is 13.1 Å². The van der Waals surface area contributed by atoms with Gasteiger partial charge in [0.05, 0.1) is 19.4 Å². The lowest BCUT2D eigenvalue weighted by molar-refractivity contribution is -0.145. The van der Waals surface area contributed by atoms with Gasteiger partial charge in [0.1, 0.15) is 5.82 Å². The van der Waals surface area contributed by atoms with Crippen LogP contribution >= 0.6 is 11.3 Å². The molecule has 3 aromatic rings. The molecule has 1 saturated heterocycles. The molecule has 0 aliphatic carbocycles. The number of aromatic nitrogens is 1. The maximum Gasteiger partial charge on any atom is 0.311 e. The average molecular weight is 400 g/mol. The van der Waals surface area contributed by atoms with Crippen molar-refractivity contribution in [3.05, 3.63) is 57.7 Å². The van der Waals surface area contributed by atoms with Crippen LogP contribution in [0, 0.1) is 18.7 Å². The number of H-pyrrole nitrogens is 1. The molecular formula is C21H21FN2O3S. The van der Waals surface area contributed by atoms with Crippen molar-refractivity contribution in [2.75, 3.05) is 20.2 Å². The normalized spacial score (nSPS) is 19.3. The number of carbonyl (C=O) groups excluding carboxylic acids is 2. The van der Waals surface area contributed by atoms with Crippen LogP contribution in [-0.2, 0) is 20.7 Å². The Labute approximate surface area is 166 Å². The Morgan fingerprint density at radius 2 is 2.14 bits per heavy atom. The summed E-state index contributed by atoms with van der Waals surface area (Å²) in [6, 6.07) is 6.53. The lowest BCUT2D eigenvalue weighted by atomic mass is 9.91. The minimum absolute atomic E-state index is 0.0656. The van der Waals surface area contributed by atoms with E-state index in [-0.39, 0.29) is 36.0 Å². The van der Waals surface area contributed by atoms with Crippen LogP contribution in [0.5, 0.6) is 0 Å². The molecule has 3 heterocycles. The summed E-state index contributed by atoms with van der Waals surface area (Å²) in [6.07, 6.45) is 0.166. The molecule has 1 aliphatic rings. The van der Waals surface area contributed by atoms with Crippen molar-refractivity contribution in [2.45, 2.75) is 19.3 Å². The van der Waals surface area contributed by atoms with Crippen LogP contribution in [0.3, 0.4) is 0 Å². The number of likely N-dealkylation sites (tertiary alicyclic amines) is 1. The number of aromatic amines is 1. The molecule has 1 aliphatic heterocycles. The topological polar surface area (TPSA) is 62.4 Å². The molecule has 0 unspecified atom stereocenters. The molecule has 4 rings (SSSR count). The first-order valence-corrected chi connectivity index (χ1v) is 10.1. The first kappa shape index (κ1) is 18.7. The Hall–Kier alpha value is -2.67. The van der Waals surface area contributed by atoms with Crippen molar-refractivity contribution < 1.29 is 18.7 Å². The van der Waals surface area contributed by atoms with Crippen LogP contribution in [-0.4, -0.2) is 42.0 Å². The Kier molecular flexibility index (Phi) is 4.93. The van der Waals surface area contributed by atoms with Crippen molar-refractivity contribution in [1.82, 2.24) is 9.88 Å². The van der Waals surface area contributed by atoms with Crippen molar-refractivity contribution in [3.8, 4) is 0 Å². The van der Waals surface area contributed by atoms with E-state index in [1.165, 1.54) is 19.2 Å². The molecule has 5 nitrogen and oxygen atoms in total. The molecule has 2 aromatic heterocycles. The fourth-order valence-corrected chi connectivity index (χ4v) is 4.79. The van der Waals surface area contributed by atoms with E-state index < -0.39 is 0 Å². The summed E-state index contributed by atoms with van der Waals surface area (Å²) in [5, 5.41) is 4.71. The zero-order valence-electron chi connectivity index (χ0n) is 15.7. The minimum atomic E-state index is -0.370. The van der Waals surface area contributed by atoms with E-state index in [2.05, 4.69) is 4.98 Å². The van der Waals surface area contributed by atoms with Crippen LogP contribution in [0.2, 0.25) is 0 Å². The number of nitrogens with zero attached hydrogens (tertiary/aromatic N) is 1. The molecule has 0 radical (unpaired) electrons. The van der Waals surface area contributed by atoms with Crippen molar-refractivity contribution in [2.24, 2.45) is 5.92 Å². The van der Waals surface area contributed by atoms with Crippen LogP contribution in [0.4, 0.5) is 4.39 Å². The van der Waals surface area contributed by atoms with Gasteiger partial charge in [-0.25, -0.2) is 4.39 Å². The SMILES string of the molecule is COC(=O)[C@H]1CN(C(=O)Cc2c(C)[nH]c3ccc(F)cc23)C[C@@H]1c1ccsc1. The van der Waals surface area contributed by atoms with Gasteiger partial charge < -0.3 is 14.6 Å². The second-order valence-electron chi connectivity index (χ2n) is 7.19. The van der Waals surface area contributed by atoms with Gasteiger partial charge in [-0.3, -0.25) is 9.59 Å². The maximum absolute atomic E-state index is 13.7. The Morgan fingerprint density at radius 1 is 1.32 bits per heavy atom. The first-order valence-electron chi connectivity index (χ1n) is 9.12. The third-order valence-electron chi connectivity index (χ3n) is 5.56. The molecule has 1 fully saturated rings. The van der Waals surface area contributed by atoms with Crippen LogP contribution in [0.1, 0.15) is 22.7 Å². The molecule has 2 atom stereocenters. The summed E-state index contributed by atoms with van der Waals surface area (Å²) in [7, 11) is 1.38. The van der Waals surface area contributed by atoms with E-state index in [4.69, 9.17) is 4.74 Å². The number of benzene rings is 1. The van der Waals surface area contributed by atoms with Crippen molar-refractivity contribution in [1.29, 1.82) is 0 Å². The molecular weight excluding hydrogens is 379 g/mol. The highest BCUT2D eigenvalue weighted by atomic mass is 32.1. The summed E-state index contributed by atoms with van der Waals surface area (Å²) in [5.74, 6) is -1.13. The number of hydrogen-bond acceptors (Lipinski definition) is 4. The van der Waals surface area contributed by atoms with Gasteiger partial charge in [-0.1, -0.05) is 0 Å². The Balaban J connectivity index is 1.58. The van der Waals surface area contributed by atoms with E-state index >= 15 is 0 Å². The molecule has 28 heavy (non-hydrogen) atoms. The highest BCUT2D eigenvalue weighted by molar-refractivity contribution is 7.08. The van der Waals surface area contributed by atoms with Gasteiger partial charge in [0.25, 0.3) is 0 Å². The molecule has 0 spiro atoms. The number of nitrogens with one attached hydrogen (secondary N) is 1. The number of esters is 1. The van der Waals surface area contributed by atoms with Crippen molar-refractivity contribution in [3.63, 3.8) is 0 Å². The zero-order chi connectivity index (χ0) is 19.8. The number of halogens is 1. The number of ether oxygens (including phenoxy) is 1. The predicted molar refractivity (Wildman–Crippen MR) is 106 cm³/mol. The standard InChI is InChI=1S/C21H21FN2O3S/c1-12-15(16-7-14(22)3-4-19(16)23-12)8-20(25)24-9-17(13-5-6-28-11-13)18(10-24)21(26)27-2/h3-7,11,17-18,23H,8-10H2,1-2H3/t17-,18+/m1/s1. The molecule has 7 heteroatoms. The third kappa shape index (κ3) is 3.30. The molecule has 1 amide bonds. The van der Waals surface area contributed by atoms with E-state index in [0.717, 1.165) is 27.7 Å². The number of aryl methyl sites for hydroxylation is 1. The second-order valence-corrected chi connectivity index (χ2v) is 7.97.